The van der Waals surface area contributed by atoms with Gasteiger partial charge in [0.15, 0.2) is 11.5 Å². The van der Waals surface area contributed by atoms with Crippen molar-refractivity contribution in [1.29, 1.82) is 0 Å². The highest BCUT2D eigenvalue weighted by Crippen LogP contribution is 2.29. The van der Waals surface area contributed by atoms with Gasteiger partial charge in [-0.25, -0.2) is 5.43 Å². The van der Waals surface area contributed by atoms with Gasteiger partial charge in [0.2, 0.25) is 0 Å². The molecule has 0 spiro atoms. The van der Waals surface area contributed by atoms with E-state index in [0.29, 0.717) is 41.0 Å². The fourth-order valence-electron chi connectivity index (χ4n) is 2.88. The Labute approximate surface area is 197 Å². The summed E-state index contributed by atoms with van der Waals surface area (Å²) in [5, 5.41) is 6.61. The van der Waals surface area contributed by atoms with Gasteiger partial charge < -0.3 is 14.8 Å². The predicted molar refractivity (Wildman–Crippen MR) is 129 cm³/mol. The van der Waals surface area contributed by atoms with Crippen LogP contribution in [0.4, 0.5) is 5.69 Å². The summed E-state index contributed by atoms with van der Waals surface area (Å²) in [5.41, 5.74) is 5.43. The number of aryl methyl sites for hydroxylation is 1. The van der Waals surface area contributed by atoms with Crippen LogP contribution in [0.3, 0.4) is 0 Å². The average Bonchev–Trinajstić information content (AvgIpc) is 2.81. The molecule has 0 bridgehead atoms. The zero-order valence-electron chi connectivity index (χ0n) is 18.3. The van der Waals surface area contributed by atoms with Gasteiger partial charge in [0, 0.05) is 0 Å². The van der Waals surface area contributed by atoms with Crippen LogP contribution in [0.25, 0.3) is 0 Å². The van der Waals surface area contributed by atoms with E-state index in [9.17, 15) is 9.59 Å². The minimum Gasteiger partial charge on any atom is -0.490 e. The van der Waals surface area contributed by atoms with Crippen LogP contribution in [0, 0.1) is 6.92 Å². The molecule has 2 N–H and O–H groups in total. The molecule has 0 heterocycles. The molecule has 8 heteroatoms. The number of nitrogens with zero attached hydrogens (tertiary/aromatic N) is 1. The Balaban J connectivity index is 1.61. The Hall–Kier alpha value is -3.84. The molecule has 0 fully saturated rings. The Morgan fingerprint density at radius 2 is 1.73 bits per heavy atom. The van der Waals surface area contributed by atoms with E-state index >= 15 is 0 Å². The number of nitrogens with one attached hydrogen (secondary N) is 2. The molecule has 0 aliphatic heterocycles. The first-order chi connectivity index (χ1) is 16.0. The molecule has 3 rings (SSSR count). The lowest BCUT2D eigenvalue weighted by Crippen LogP contribution is -2.32. The molecule has 7 nitrogen and oxygen atoms in total. The van der Waals surface area contributed by atoms with E-state index in [4.69, 9.17) is 21.1 Å². The van der Waals surface area contributed by atoms with Gasteiger partial charge in [-0.05, 0) is 60.9 Å². The van der Waals surface area contributed by atoms with Gasteiger partial charge in [-0.1, -0.05) is 48.0 Å². The van der Waals surface area contributed by atoms with Crippen LogP contribution in [0.2, 0.25) is 5.02 Å². The smallest absolute Gasteiger partial charge is 0.329 e. The van der Waals surface area contributed by atoms with Gasteiger partial charge in [-0.2, -0.15) is 5.10 Å². The summed E-state index contributed by atoms with van der Waals surface area (Å²) in [6, 6.07) is 19.9. The largest absolute Gasteiger partial charge is 0.490 e. The molecule has 0 aromatic heterocycles. The number of carbonyl (C=O) groups excluding carboxylic acids is 2. The Kier molecular flexibility index (Phi) is 8.43. The molecule has 170 valence electrons. The number of halogens is 1. The molecule has 0 saturated carbocycles. The van der Waals surface area contributed by atoms with Crippen molar-refractivity contribution >= 4 is 35.3 Å². The van der Waals surface area contributed by atoms with Crippen LogP contribution in [-0.2, 0) is 16.2 Å². The van der Waals surface area contributed by atoms with Crippen LogP contribution in [0.15, 0.2) is 71.8 Å². The number of rotatable bonds is 8. The number of para-hydroxylation sites is 1. The second-order valence-electron chi connectivity index (χ2n) is 6.99. The van der Waals surface area contributed by atoms with Gasteiger partial charge in [0.05, 0.1) is 23.5 Å². The van der Waals surface area contributed by atoms with Crippen LogP contribution < -0.4 is 20.2 Å². The maximum atomic E-state index is 12.0. The maximum absolute atomic E-state index is 12.0. The predicted octanol–water partition coefficient (Wildman–Crippen LogP) is 4.71. The standard InChI is InChI=1S/C25H24ClN3O4/c1-3-32-23-14-18(12-13-22(23)33-16-19-9-5-4-8-17(19)2)15-27-29-25(31)24(30)28-21-11-7-6-10-20(21)26/h4-15H,3,16H2,1-2H3,(H,28,30)(H,29,31). The van der Waals surface area contributed by atoms with E-state index in [1.54, 1.807) is 42.5 Å². The maximum Gasteiger partial charge on any atom is 0.329 e. The molecule has 33 heavy (non-hydrogen) atoms. The molecule has 3 aromatic carbocycles. The van der Waals surface area contributed by atoms with E-state index in [1.807, 2.05) is 38.1 Å². The van der Waals surface area contributed by atoms with E-state index in [2.05, 4.69) is 15.8 Å². The topological polar surface area (TPSA) is 89.0 Å². The summed E-state index contributed by atoms with van der Waals surface area (Å²) < 4.78 is 11.6. The van der Waals surface area contributed by atoms with E-state index in [0.717, 1.165) is 11.1 Å². The van der Waals surface area contributed by atoms with Crippen LogP contribution >= 0.6 is 11.6 Å². The molecule has 0 radical (unpaired) electrons. The van der Waals surface area contributed by atoms with Crippen molar-refractivity contribution in [3.8, 4) is 11.5 Å². The van der Waals surface area contributed by atoms with Crippen molar-refractivity contribution < 1.29 is 19.1 Å². The number of ether oxygens (including phenoxy) is 2. The number of hydrogen-bond donors (Lipinski definition) is 2. The Bertz CT molecular complexity index is 1160. The summed E-state index contributed by atoms with van der Waals surface area (Å²) in [4.78, 5) is 24.0. The first-order valence-electron chi connectivity index (χ1n) is 10.3. The Morgan fingerprint density at radius 1 is 0.970 bits per heavy atom. The highest BCUT2D eigenvalue weighted by atomic mass is 35.5. The summed E-state index contributed by atoms with van der Waals surface area (Å²) in [7, 11) is 0. The molecule has 0 saturated heterocycles. The molecule has 0 atom stereocenters. The number of benzene rings is 3. The van der Waals surface area contributed by atoms with E-state index in [-0.39, 0.29) is 0 Å². The third kappa shape index (κ3) is 6.82. The van der Waals surface area contributed by atoms with Crippen LogP contribution in [0.1, 0.15) is 23.6 Å². The number of carbonyl (C=O) groups is 2. The molecule has 0 unspecified atom stereocenters. The van der Waals surface area contributed by atoms with Crippen LogP contribution in [0.5, 0.6) is 11.5 Å². The molecular formula is C25H24ClN3O4. The van der Waals surface area contributed by atoms with E-state index < -0.39 is 11.8 Å². The second kappa shape index (κ2) is 11.7. The fraction of sp³-hybridized carbons (Fsp3) is 0.160. The lowest BCUT2D eigenvalue weighted by atomic mass is 10.1. The van der Waals surface area contributed by atoms with Gasteiger partial charge in [0.1, 0.15) is 6.61 Å². The summed E-state index contributed by atoms with van der Waals surface area (Å²) in [6.45, 7) is 4.78. The third-order valence-electron chi connectivity index (χ3n) is 4.62. The lowest BCUT2D eigenvalue weighted by molar-refractivity contribution is -0.136. The van der Waals surface area contributed by atoms with Crippen LogP contribution in [-0.4, -0.2) is 24.6 Å². The Morgan fingerprint density at radius 3 is 2.48 bits per heavy atom. The second-order valence-corrected chi connectivity index (χ2v) is 7.39. The first kappa shape index (κ1) is 23.8. The van der Waals surface area contributed by atoms with Crippen molar-refractivity contribution in [2.75, 3.05) is 11.9 Å². The average molecular weight is 466 g/mol. The summed E-state index contributed by atoms with van der Waals surface area (Å²) in [6.07, 6.45) is 1.41. The number of hydrazone groups is 1. The normalized spacial score (nSPS) is 10.6. The number of hydrogen-bond acceptors (Lipinski definition) is 5. The molecule has 2 amide bonds. The minimum atomic E-state index is -0.922. The fourth-order valence-corrected chi connectivity index (χ4v) is 3.06. The van der Waals surface area contributed by atoms with Crippen molar-refractivity contribution in [1.82, 2.24) is 5.43 Å². The summed E-state index contributed by atoms with van der Waals surface area (Å²) in [5.74, 6) is -0.650. The van der Waals surface area contributed by atoms with E-state index in [1.165, 1.54) is 6.21 Å². The number of anilines is 1. The molecule has 0 aliphatic rings. The molecular weight excluding hydrogens is 442 g/mol. The molecule has 3 aromatic rings. The third-order valence-corrected chi connectivity index (χ3v) is 4.95. The SMILES string of the molecule is CCOc1cc(C=NNC(=O)C(=O)Nc2ccccc2Cl)ccc1OCc1ccccc1C. The summed E-state index contributed by atoms with van der Waals surface area (Å²) >= 11 is 5.98. The van der Waals surface area contributed by atoms with Crippen molar-refractivity contribution in [2.24, 2.45) is 5.10 Å². The van der Waals surface area contributed by atoms with Crippen molar-refractivity contribution in [3.05, 3.63) is 88.4 Å². The molecule has 0 aliphatic carbocycles. The van der Waals surface area contributed by atoms with Crippen molar-refractivity contribution in [2.45, 2.75) is 20.5 Å². The monoisotopic (exact) mass is 465 g/mol. The lowest BCUT2D eigenvalue weighted by Gasteiger charge is -2.13. The first-order valence-corrected chi connectivity index (χ1v) is 10.7. The van der Waals surface area contributed by atoms with Gasteiger partial charge >= 0.3 is 11.8 Å². The van der Waals surface area contributed by atoms with Gasteiger partial charge in [0.25, 0.3) is 0 Å². The minimum absolute atomic E-state index is 0.329. The van der Waals surface area contributed by atoms with Gasteiger partial charge in [-0.3, -0.25) is 9.59 Å². The number of amides is 2. The van der Waals surface area contributed by atoms with Gasteiger partial charge in [-0.15, -0.1) is 0 Å². The zero-order valence-corrected chi connectivity index (χ0v) is 19.1. The quantitative estimate of drug-likeness (QED) is 0.286. The van der Waals surface area contributed by atoms with Crippen molar-refractivity contribution in [3.63, 3.8) is 0 Å². The highest BCUT2D eigenvalue weighted by Gasteiger charge is 2.14. The zero-order chi connectivity index (χ0) is 23.6. The highest BCUT2D eigenvalue weighted by molar-refractivity contribution is 6.41.